The lowest BCUT2D eigenvalue weighted by Gasteiger charge is -2.24. The SMILES string of the molecule is Cc1ccc(Nc2c(O)c3c(c(Sc4ccccc4)c2Cl)C(=O)c2ccccc2C3=O)cc1. The Morgan fingerprint density at radius 2 is 1.36 bits per heavy atom. The average Bonchev–Trinajstić information content (AvgIpc) is 2.84. The summed E-state index contributed by atoms with van der Waals surface area (Å²) in [7, 11) is 0. The second-order valence-corrected chi connectivity index (χ2v) is 9.19. The molecule has 4 aromatic rings. The van der Waals surface area contributed by atoms with Crippen LogP contribution in [0.3, 0.4) is 0 Å². The molecule has 0 atom stereocenters. The number of anilines is 2. The molecule has 1 aliphatic rings. The fourth-order valence-electron chi connectivity index (χ4n) is 3.87. The Labute approximate surface area is 200 Å². The Morgan fingerprint density at radius 3 is 2.00 bits per heavy atom. The lowest BCUT2D eigenvalue weighted by Crippen LogP contribution is -2.22. The number of ketones is 2. The Kier molecular flexibility index (Phi) is 5.44. The second-order valence-electron chi connectivity index (χ2n) is 7.73. The van der Waals surface area contributed by atoms with Crippen LogP contribution in [0.1, 0.15) is 37.4 Å². The zero-order chi connectivity index (χ0) is 23.1. The van der Waals surface area contributed by atoms with Crippen molar-refractivity contribution in [3.8, 4) is 5.75 Å². The number of aryl methyl sites for hydroxylation is 1. The van der Waals surface area contributed by atoms with Gasteiger partial charge in [0, 0.05) is 26.6 Å². The molecule has 0 fully saturated rings. The molecular weight excluding hydrogens is 454 g/mol. The monoisotopic (exact) mass is 471 g/mol. The summed E-state index contributed by atoms with van der Waals surface area (Å²) in [6, 6.07) is 23.7. The number of fused-ring (bicyclic) bond motifs is 2. The third-order valence-corrected chi connectivity index (χ3v) is 7.13. The smallest absolute Gasteiger partial charge is 0.198 e. The molecule has 0 saturated carbocycles. The number of benzene rings is 4. The van der Waals surface area contributed by atoms with Crippen LogP contribution in [0.15, 0.2) is 88.7 Å². The number of phenolic OH excluding ortho intramolecular Hbond substituents is 1. The first-order valence-corrected chi connectivity index (χ1v) is 11.5. The van der Waals surface area contributed by atoms with Crippen LogP contribution >= 0.6 is 23.4 Å². The number of halogens is 1. The Balaban J connectivity index is 1.75. The van der Waals surface area contributed by atoms with Gasteiger partial charge in [0.2, 0.25) is 0 Å². The number of rotatable bonds is 4. The number of aromatic hydroxyl groups is 1. The minimum Gasteiger partial charge on any atom is -0.505 e. The van der Waals surface area contributed by atoms with E-state index in [1.54, 1.807) is 24.3 Å². The summed E-state index contributed by atoms with van der Waals surface area (Å²) >= 11 is 8.10. The number of hydrogen-bond acceptors (Lipinski definition) is 5. The number of carbonyl (C=O) groups excluding carboxylic acids is 2. The van der Waals surface area contributed by atoms with Crippen LogP contribution in [0, 0.1) is 6.92 Å². The van der Waals surface area contributed by atoms with Crippen molar-refractivity contribution in [1.82, 2.24) is 0 Å². The maximum Gasteiger partial charge on any atom is 0.198 e. The molecular formula is C27H18ClNO3S. The molecule has 162 valence electrons. The summed E-state index contributed by atoms with van der Waals surface area (Å²) in [6.45, 7) is 1.98. The van der Waals surface area contributed by atoms with Crippen LogP contribution in [0.4, 0.5) is 11.4 Å². The molecule has 0 unspecified atom stereocenters. The molecule has 4 aromatic carbocycles. The standard InChI is InChI=1S/C27H18ClNO3S/c1-15-11-13-16(14-12-15)29-23-22(28)27(33-17-7-3-2-4-8-17)21-20(26(23)32)24(30)18-9-5-6-10-19(18)25(21)31/h2-14,29,32H,1H3. The van der Waals surface area contributed by atoms with Crippen LogP contribution in [0.2, 0.25) is 5.02 Å². The molecule has 0 amide bonds. The van der Waals surface area contributed by atoms with Gasteiger partial charge in [0.1, 0.15) is 5.69 Å². The van der Waals surface area contributed by atoms with Gasteiger partial charge in [-0.3, -0.25) is 9.59 Å². The van der Waals surface area contributed by atoms with Gasteiger partial charge in [0.15, 0.2) is 17.3 Å². The predicted octanol–water partition coefficient (Wildman–Crippen LogP) is 7.02. The van der Waals surface area contributed by atoms with E-state index in [0.717, 1.165) is 10.5 Å². The van der Waals surface area contributed by atoms with E-state index in [0.29, 0.717) is 16.1 Å². The van der Waals surface area contributed by atoms with Crippen molar-refractivity contribution < 1.29 is 14.7 Å². The number of carbonyl (C=O) groups is 2. The van der Waals surface area contributed by atoms with E-state index in [2.05, 4.69) is 5.32 Å². The van der Waals surface area contributed by atoms with Crippen molar-refractivity contribution in [2.75, 3.05) is 5.32 Å². The van der Waals surface area contributed by atoms with E-state index in [1.165, 1.54) is 11.8 Å². The molecule has 0 aromatic heterocycles. The highest BCUT2D eigenvalue weighted by molar-refractivity contribution is 7.99. The molecule has 5 rings (SSSR count). The lowest BCUT2D eigenvalue weighted by atomic mass is 9.83. The molecule has 0 spiro atoms. The van der Waals surface area contributed by atoms with Gasteiger partial charge < -0.3 is 10.4 Å². The largest absolute Gasteiger partial charge is 0.505 e. The maximum absolute atomic E-state index is 13.5. The van der Waals surface area contributed by atoms with Gasteiger partial charge in [-0.25, -0.2) is 0 Å². The topological polar surface area (TPSA) is 66.4 Å². The van der Waals surface area contributed by atoms with Crippen molar-refractivity contribution >= 4 is 46.3 Å². The Bertz CT molecular complexity index is 1420. The number of nitrogens with one attached hydrogen (secondary N) is 1. The van der Waals surface area contributed by atoms with E-state index >= 15 is 0 Å². The fraction of sp³-hybridized carbons (Fsp3) is 0.0370. The summed E-state index contributed by atoms with van der Waals surface area (Å²) in [5.41, 5.74) is 2.64. The van der Waals surface area contributed by atoms with Gasteiger partial charge in [0.25, 0.3) is 0 Å². The van der Waals surface area contributed by atoms with Crippen molar-refractivity contribution in [2.45, 2.75) is 16.7 Å². The average molecular weight is 472 g/mol. The van der Waals surface area contributed by atoms with Crippen molar-refractivity contribution in [3.63, 3.8) is 0 Å². The summed E-state index contributed by atoms with van der Waals surface area (Å²) in [4.78, 5) is 28.3. The molecule has 2 N–H and O–H groups in total. The van der Waals surface area contributed by atoms with E-state index in [-0.39, 0.29) is 38.9 Å². The Morgan fingerprint density at radius 1 is 0.788 bits per heavy atom. The van der Waals surface area contributed by atoms with Gasteiger partial charge in [-0.2, -0.15) is 0 Å². The normalized spacial score (nSPS) is 12.3. The predicted molar refractivity (Wildman–Crippen MR) is 131 cm³/mol. The molecule has 6 heteroatoms. The molecule has 0 heterocycles. The summed E-state index contributed by atoms with van der Waals surface area (Å²) in [5.74, 6) is -1.07. The molecule has 33 heavy (non-hydrogen) atoms. The van der Waals surface area contributed by atoms with E-state index < -0.39 is 5.78 Å². The highest BCUT2D eigenvalue weighted by Gasteiger charge is 2.37. The molecule has 4 nitrogen and oxygen atoms in total. The maximum atomic E-state index is 13.5. The minimum atomic E-state index is -0.406. The van der Waals surface area contributed by atoms with Crippen molar-refractivity contribution in [1.29, 1.82) is 0 Å². The molecule has 0 aliphatic heterocycles. The van der Waals surface area contributed by atoms with Crippen molar-refractivity contribution in [2.24, 2.45) is 0 Å². The van der Waals surface area contributed by atoms with Crippen molar-refractivity contribution in [3.05, 3.63) is 112 Å². The number of hydrogen-bond donors (Lipinski definition) is 2. The second kappa shape index (κ2) is 8.43. The van der Waals surface area contributed by atoms with E-state index in [9.17, 15) is 14.7 Å². The summed E-state index contributed by atoms with van der Waals surface area (Å²) < 4.78 is 0. The molecule has 0 radical (unpaired) electrons. The van der Waals surface area contributed by atoms with Gasteiger partial charge in [0.05, 0.1) is 16.1 Å². The quantitative estimate of drug-likeness (QED) is 0.275. The lowest BCUT2D eigenvalue weighted by molar-refractivity contribution is 0.0974. The van der Waals surface area contributed by atoms with Crippen LogP contribution in [0.5, 0.6) is 5.75 Å². The van der Waals surface area contributed by atoms with Crippen LogP contribution in [-0.4, -0.2) is 16.7 Å². The van der Waals surface area contributed by atoms with Crippen LogP contribution in [-0.2, 0) is 0 Å². The zero-order valence-electron chi connectivity index (χ0n) is 17.6. The third kappa shape index (κ3) is 3.69. The highest BCUT2D eigenvalue weighted by atomic mass is 35.5. The number of phenols is 1. The summed E-state index contributed by atoms with van der Waals surface area (Å²) in [6.07, 6.45) is 0. The third-order valence-electron chi connectivity index (χ3n) is 5.52. The first-order chi connectivity index (χ1) is 16.0. The van der Waals surface area contributed by atoms with Gasteiger partial charge in [-0.05, 0) is 31.2 Å². The van der Waals surface area contributed by atoms with Crippen LogP contribution in [0.25, 0.3) is 0 Å². The highest BCUT2D eigenvalue weighted by Crippen LogP contribution is 2.50. The molecule has 0 bridgehead atoms. The minimum absolute atomic E-state index is 0.0313. The fourth-order valence-corrected chi connectivity index (χ4v) is 5.23. The van der Waals surface area contributed by atoms with Gasteiger partial charge >= 0.3 is 0 Å². The van der Waals surface area contributed by atoms with E-state index in [1.807, 2.05) is 61.5 Å². The Hall–Kier alpha value is -3.54. The zero-order valence-corrected chi connectivity index (χ0v) is 19.1. The first-order valence-electron chi connectivity index (χ1n) is 10.3. The van der Waals surface area contributed by atoms with Gasteiger partial charge in [-0.1, -0.05) is 83.5 Å². The van der Waals surface area contributed by atoms with Crippen LogP contribution < -0.4 is 5.32 Å². The molecule has 0 saturated heterocycles. The van der Waals surface area contributed by atoms with Gasteiger partial charge in [-0.15, -0.1) is 0 Å². The first kappa shape index (κ1) is 21.3. The van der Waals surface area contributed by atoms with E-state index in [4.69, 9.17) is 11.6 Å². The molecule has 1 aliphatic carbocycles. The summed E-state index contributed by atoms with van der Waals surface area (Å²) in [5, 5.41) is 14.5.